The van der Waals surface area contributed by atoms with Crippen LogP contribution in [0, 0.1) is 6.92 Å². The molecule has 0 saturated carbocycles. The quantitative estimate of drug-likeness (QED) is 0.690. The molecule has 0 radical (unpaired) electrons. The number of carbonyl (C=O) groups is 2. The van der Waals surface area contributed by atoms with Gasteiger partial charge in [0.1, 0.15) is 17.1 Å². The van der Waals surface area contributed by atoms with E-state index in [-0.39, 0.29) is 23.2 Å². The third-order valence-electron chi connectivity index (χ3n) is 4.22. The topological polar surface area (TPSA) is 80.3 Å². The first-order chi connectivity index (χ1) is 13.6. The number of aryl methyl sites for hydroxylation is 1. The predicted molar refractivity (Wildman–Crippen MR) is 108 cm³/mol. The molecule has 0 unspecified atom stereocenters. The van der Waals surface area contributed by atoms with Gasteiger partial charge in [0.25, 0.3) is 11.8 Å². The molecule has 2 aromatic carbocycles. The lowest BCUT2D eigenvalue weighted by atomic mass is 10.2. The molecular formula is C22H21N3O3. The molecule has 6 nitrogen and oxygen atoms in total. The van der Waals surface area contributed by atoms with Gasteiger partial charge in [-0.3, -0.25) is 9.59 Å². The van der Waals surface area contributed by atoms with Gasteiger partial charge in [-0.15, -0.1) is 0 Å². The number of para-hydroxylation sites is 1. The molecule has 3 aromatic rings. The Morgan fingerprint density at radius 3 is 2.25 bits per heavy atom. The molecule has 6 heteroatoms. The summed E-state index contributed by atoms with van der Waals surface area (Å²) in [4.78, 5) is 29.1. The fourth-order valence-corrected chi connectivity index (χ4v) is 2.60. The lowest BCUT2D eigenvalue weighted by Gasteiger charge is -2.09. The number of benzene rings is 2. The summed E-state index contributed by atoms with van der Waals surface area (Å²) in [6.45, 7) is 2.26. The molecule has 0 fully saturated rings. The highest BCUT2D eigenvalue weighted by Crippen LogP contribution is 2.14. The van der Waals surface area contributed by atoms with Crippen molar-refractivity contribution < 1.29 is 14.3 Å². The summed E-state index contributed by atoms with van der Waals surface area (Å²) in [5.74, 6) is 0.0459. The lowest BCUT2D eigenvalue weighted by Crippen LogP contribution is -2.25. The molecule has 28 heavy (non-hydrogen) atoms. The van der Waals surface area contributed by atoms with E-state index in [0.717, 1.165) is 16.9 Å². The van der Waals surface area contributed by atoms with Gasteiger partial charge in [-0.2, -0.15) is 0 Å². The highest BCUT2D eigenvalue weighted by molar-refractivity contribution is 6.04. The van der Waals surface area contributed by atoms with Crippen LogP contribution < -0.4 is 15.4 Å². The van der Waals surface area contributed by atoms with E-state index in [1.807, 2.05) is 55.5 Å². The minimum atomic E-state index is -0.362. The van der Waals surface area contributed by atoms with E-state index in [1.165, 1.54) is 0 Å². The van der Waals surface area contributed by atoms with Gasteiger partial charge in [0, 0.05) is 12.2 Å². The molecule has 0 spiro atoms. The third kappa shape index (κ3) is 4.73. The Kier molecular flexibility index (Phi) is 6.01. The third-order valence-corrected chi connectivity index (χ3v) is 4.22. The summed E-state index contributed by atoms with van der Waals surface area (Å²) in [5.41, 5.74) is 2.96. The van der Waals surface area contributed by atoms with Gasteiger partial charge in [0.15, 0.2) is 0 Å². The largest absolute Gasteiger partial charge is 0.497 e. The van der Waals surface area contributed by atoms with Gasteiger partial charge in [0.2, 0.25) is 0 Å². The maximum atomic E-state index is 12.5. The van der Waals surface area contributed by atoms with E-state index in [0.29, 0.717) is 12.2 Å². The van der Waals surface area contributed by atoms with Crippen LogP contribution in [-0.2, 0) is 6.54 Å². The molecule has 0 aliphatic rings. The highest BCUT2D eigenvalue weighted by atomic mass is 16.5. The van der Waals surface area contributed by atoms with E-state index < -0.39 is 0 Å². The zero-order valence-electron chi connectivity index (χ0n) is 15.7. The highest BCUT2D eigenvalue weighted by Gasteiger charge is 2.13. The molecular weight excluding hydrogens is 354 g/mol. The van der Waals surface area contributed by atoms with Crippen molar-refractivity contribution in [2.24, 2.45) is 0 Å². The average molecular weight is 375 g/mol. The van der Waals surface area contributed by atoms with E-state index >= 15 is 0 Å². The summed E-state index contributed by atoms with van der Waals surface area (Å²) in [6.07, 6.45) is 0. The lowest BCUT2D eigenvalue weighted by molar-refractivity contribution is 0.0945. The van der Waals surface area contributed by atoms with Gasteiger partial charge in [-0.25, -0.2) is 4.98 Å². The second kappa shape index (κ2) is 8.81. The molecule has 0 saturated heterocycles. The van der Waals surface area contributed by atoms with Crippen molar-refractivity contribution in [2.45, 2.75) is 13.5 Å². The number of nitrogens with one attached hydrogen (secondary N) is 2. The smallest absolute Gasteiger partial charge is 0.274 e. The molecule has 2 amide bonds. The second-order valence-electron chi connectivity index (χ2n) is 6.21. The van der Waals surface area contributed by atoms with E-state index in [9.17, 15) is 9.59 Å². The number of aromatic nitrogens is 1. The first kappa shape index (κ1) is 19.1. The molecule has 1 aromatic heterocycles. The zero-order valence-corrected chi connectivity index (χ0v) is 15.7. The maximum Gasteiger partial charge on any atom is 0.274 e. The summed E-state index contributed by atoms with van der Waals surface area (Å²) < 4.78 is 5.11. The molecule has 3 rings (SSSR count). The van der Waals surface area contributed by atoms with E-state index in [4.69, 9.17) is 4.74 Å². The maximum absolute atomic E-state index is 12.5. The van der Waals surface area contributed by atoms with Crippen molar-refractivity contribution >= 4 is 17.5 Å². The van der Waals surface area contributed by atoms with E-state index in [2.05, 4.69) is 15.6 Å². The number of carbonyl (C=O) groups excluding carboxylic acids is 2. The molecule has 0 bridgehead atoms. The molecule has 2 N–H and O–H groups in total. The number of pyridine rings is 1. The zero-order chi connectivity index (χ0) is 19.9. The van der Waals surface area contributed by atoms with Crippen molar-refractivity contribution in [3.8, 4) is 5.75 Å². The Morgan fingerprint density at radius 2 is 1.57 bits per heavy atom. The summed E-state index contributed by atoms with van der Waals surface area (Å²) in [6, 6.07) is 19.7. The summed E-state index contributed by atoms with van der Waals surface area (Å²) in [7, 11) is 1.60. The van der Waals surface area contributed by atoms with E-state index in [1.54, 1.807) is 25.3 Å². The van der Waals surface area contributed by atoms with Crippen LogP contribution in [-0.4, -0.2) is 23.9 Å². The summed E-state index contributed by atoms with van der Waals surface area (Å²) >= 11 is 0. The van der Waals surface area contributed by atoms with Crippen LogP contribution in [0.2, 0.25) is 0 Å². The normalized spacial score (nSPS) is 10.2. The Labute approximate surface area is 163 Å². The van der Waals surface area contributed by atoms with Crippen molar-refractivity contribution in [3.63, 3.8) is 0 Å². The number of rotatable bonds is 6. The van der Waals surface area contributed by atoms with Gasteiger partial charge < -0.3 is 15.4 Å². The number of anilines is 1. The first-order valence-corrected chi connectivity index (χ1v) is 8.82. The van der Waals surface area contributed by atoms with Crippen LogP contribution in [0.1, 0.15) is 32.1 Å². The first-order valence-electron chi connectivity index (χ1n) is 8.82. The monoisotopic (exact) mass is 375 g/mol. The van der Waals surface area contributed by atoms with Crippen LogP contribution in [0.3, 0.4) is 0 Å². The van der Waals surface area contributed by atoms with Crippen LogP contribution in [0.5, 0.6) is 5.75 Å². The number of amides is 2. The molecule has 1 heterocycles. The fraction of sp³-hybridized carbons (Fsp3) is 0.136. The fourth-order valence-electron chi connectivity index (χ4n) is 2.60. The Bertz CT molecular complexity index is 984. The van der Waals surface area contributed by atoms with Crippen LogP contribution >= 0.6 is 0 Å². The molecule has 0 aliphatic carbocycles. The standard InChI is InChI=1S/C22H21N3O3/c1-15-6-3-4-7-18(15)25-22(27)20-9-5-8-19(24-20)21(26)23-14-16-10-12-17(28-2)13-11-16/h3-13H,14H2,1-2H3,(H,23,26)(H,25,27). The molecule has 0 aliphatic heterocycles. The SMILES string of the molecule is COc1ccc(CNC(=O)c2cccc(C(=O)Nc3ccccc3C)n2)cc1. The van der Waals surface area contributed by atoms with Crippen molar-refractivity contribution in [3.05, 3.63) is 89.2 Å². The van der Waals surface area contributed by atoms with Crippen LogP contribution in [0.15, 0.2) is 66.7 Å². The predicted octanol–water partition coefficient (Wildman–Crippen LogP) is 3.58. The van der Waals surface area contributed by atoms with Gasteiger partial charge in [-0.1, -0.05) is 36.4 Å². The average Bonchev–Trinajstić information content (AvgIpc) is 2.74. The second-order valence-corrected chi connectivity index (χ2v) is 6.21. The Hall–Kier alpha value is -3.67. The molecule has 0 atom stereocenters. The van der Waals surface area contributed by atoms with Crippen molar-refractivity contribution in [1.29, 1.82) is 0 Å². The number of hydrogen-bond acceptors (Lipinski definition) is 4. The van der Waals surface area contributed by atoms with Gasteiger partial charge in [0.05, 0.1) is 7.11 Å². The minimum absolute atomic E-state index is 0.181. The van der Waals surface area contributed by atoms with Crippen molar-refractivity contribution in [2.75, 3.05) is 12.4 Å². The van der Waals surface area contributed by atoms with Crippen LogP contribution in [0.4, 0.5) is 5.69 Å². The van der Waals surface area contributed by atoms with Crippen LogP contribution in [0.25, 0.3) is 0 Å². The van der Waals surface area contributed by atoms with Gasteiger partial charge in [-0.05, 0) is 48.4 Å². The Balaban J connectivity index is 1.65. The van der Waals surface area contributed by atoms with Gasteiger partial charge >= 0.3 is 0 Å². The number of nitrogens with zero attached hydrogens (tertiary/aromatic N) is 1. The number of methoxy groups -OCH3 is 1. The minimum Gasteiger partial charge on any atom is -0.497 e. The summed E-state index contributed by atoms with van der Waals surface area (Å²) in [5, 5.41) is 5.62. The number of hydrogen-bond donors (Lipinski definition) is 2. The van der Waals surface area contributed by atoms with Crippen molar-refractivity contribution in [1.82, 2.24) is 10.3 Å². The Morgan fingerprint density at radius 1 is 0.893 bits per heavy atom. The number of ether oxygens (including phenoxy) is 1. The molecule has 142 valence electrons.